The van der Waals surface area contributed by atoms with Crippen LogP contribution in [-0.4, -0.2) is 31.3 Å². The molecule has 0 heterocycles. The molecule has 1 aromatic rings. The molecule has 106 valence electrons. The van der Waals surface area contributed by atoms with Crippen molar-refractivity contribution in [2.75, 3.05) is 14.2 Å². The van der Waals surface area contributed by atoms with Crippen LogP contribution in [0.3, 0.4) is 0 Å². The molecule has 0 amide bonds. The molecule has 0 radical (unpaired) electrons. The highest BCUT2D eigenvalue weighted by atomic mass is 16.5. The number of rotatable bonds is 7. The molecule has 1 rings (SSSR count). The number of carboxylic acid groups (broad SMARTS) is 1. The number of nitrogens with two attached hydrogens (primary N) is 1. The maximum absolute atomic E-state index is 10.6. The Morgan fingerprint density at radius 1 is 1.32 bits per heavy atom. The van der Waals surface area contributed by atoms with Gasteiger partial charge in [-0.3, -0.25) is 4.79 Å². The highest BCUT2D eigenvalue weighted by Gasteiger charge is 2.12. The van der Waals surface area contributed by atoms with Gasteiger partial charge in [-0.1, -0.05) is 0 Å². The lowest BCUT2D eigenvalue weighted by molar-refractivity contribution is -0.138. The number of hydrogen-bond acceptors (Lipinski definition) is 4. The molecule has 0 spiro atoms. The van der Waals surface area contributed by atoms with Gasteiger partial charge in [-0.2, -0.15) is 0 Å². The van der Waals surface area contributed by atoms with Crippen LogP contribution in [0.1, 0.15) is 24.0 Å². The minimum Gasteiger partial charge on any atom is -0.493 e. The van der Waals surface area contributed by atoms with Crippen LogP contribution in [0.2, 0.25) is 0 Å². The first-order valence-corrected chi connectivity index (χ1v) is 6.19. The van der Waals surface area contributed by atoms with Gasteiger partial charge >= 0.3 is 5.97 Å². The Bertz CT molecular complexity index is 445. The van der Waals surface area contributed by atoms with Gasteiger partial charge in [0, 0.05) is 0 Å². The number of ether oxygens (including phenoxy) is 2. The van der Waals surface area contributed by atoms with Gasteiger partial charge < -0.3 is 20.3 Å². The molecule has 0 saturated carbocycles. The van der Waals surface area contributed by atoms with Crippen LogP contribution in [0.5, 0.6) is 11.5 Å². The van der Waals surface area contributed by atoms with Gasteiger partial charge in [0.2, 0.25) is 0 Å². The molecular weight excluding hydrogens is 246 g/mol. The molecule has 5 heteroatoms. The van der Waals surface area contributed by atoms with Crippen molar-refractivity contribution >= 4 is 5.97 Å². The molecule has 0 aliphatic heterocycles. The van der Waals surface area contributed by atoms with Crippen molar-refractivity contribution in [3.05, 3.63) is 23.3 Å². The molecule has 0 aliphatic rings. The zero-order valence-corrected chi connectivity index (χ0v) is 11.6. The number of hydrogen-bond donors (Lipinski definition) is 2. The van der Waals surface area contributed by atoms with Crippen molar-refractivity contribution in [3.63, 3.8) is 0 Å². The molecule has 0 saturated heterocycles. The van der Waals surface area contributed by atoms with E-state index >= 15 is 0 Å². The average molecular weight is 267 g/mol. The number of carbonyl (C=O) groups is 1. The molecule has 1 aromatic carbocycles. The molecule has 5 nitrogen and oxygen atoms in total. The molecule has 3 N–H and O–H groups in total. The lowest BCUT2D eigenvalue weighted by Crippen LogP contribution is -2.29. The lowest BCUT2D eigenvalue weighted by Gasteiger charge is -2.13. The third-order valence-electron chi connectivity index (χ3n) is 3.12. The Kier molecular flexibility index (Phi) is 5.63. The predicted molar refractivity (Wildman–Crippen MR) is 72.8 cm³/mol. The fourth-order valence-corrected chi connectivity index (χ4v) is 1.93. The van der Waals surface area contributed by atoms with Crippen LogP contribution in [-0.2, 0) is 11.2 Å². The summed E-state index contributed by atoms with van der Waals surface area (Å²) in [5.74, 6) is 0.431. The first kappa shape index (κ1) is 15.3. The monoisotopic (exact) mass is 267 g/mol. The van der Waals surface area contributed by atoms with Crippen molar-refractivity contribution in [2.45, 2.75) is 32.2 Å². The number of benzene rings is 1. The summed E-state index contributed by atoms with van der Waals surface area (Å²) in [7, 11) is 3.19. The smallest absolute Gasteiger partial charge is 0.320 e. The lowest BCUT2D eigenvalue weighted by atomic mass is 10.0. The Hall–Kier alpha value is -1.75. The Labute approximate surface area is 113 Å². The van der Waals surface area contributed by atoms with E-state index in [9.17, 15) is 4.79 Å². The third kappa shape index (κ3) is 4.13. The largest absolute Gasteiger partial charge is 0.493 e. The normalized spacial score (nSPS) is 12.0. The summed E-state index contributed by atoms with van der Waals surface area (Å²) in [5, 5.41) is 8.72. The first-order chi connectivity index (χ1) is 8.99. The van der Waals surface area contributed by atoms with E-state index in [2.05, 4.69) is 0 Å². The van der Waals surface area contributed by atoms with Gasteiger partial charge in [0.15, 0.2) is 11.5 Å². The maximum atomic E-state index is 10.6. The number of aliphatic carboxylic acids is 1. The summed E-state index contributed by atoms with van der Waals surface area (Å²) in [6.45, 7) is 1.99. The van der Waals surface area contributed by atoms with E-state index in [1.807, 2.05) is 19.1 Å². The molecule has 19 heavy (non-hydrogen) atoms. The number of methoxy groups -OCH3 is 2. The molecule has 0 aliphatic carbocycles. The summed E-state index contributed by atoms with van der Waals surface area (Å²) < 4.78 is 10.5. The zero-order valence-electron chi connectivity index (χ0n) is 11.6. The predicted octanol–water partition coefficient (Wildman–Crippen LogP) is 1.75. The Morgan fingerprint density at radius 3 is 2.42 bits per heavy atom. The molecule has 1 atom stereocenters. The average Bonchev–Trinajstić information content (AvgIpc) is 2.39. The molecular formula is C14H21NO4. The highest BCUT2D eigenvalue weighted by Crippen LogP contribution is 2.30. The first-order valence-electron chi connectivity index (χ1n) is 6.19. The number of aryl methyl sites for hydroxylation is 2. The van der Waals surface area contributed by atoms with E-state index in [1.165, 1.54) is 0 Å². The molecule has 0 bridgehead atoms. The van der Waals surface area contributed by atoms with Crippen LogP contribution >= 0.6 is 0 Å². The van der Waals surface area contributed by atoms with Gasteiger partial charge in [-0.05, 0) is 49.4 Å². The van der Waals surface area contributed by atoms with E-state index in [4.69, 9.17) is 20.3 Å². The highest BCUT2D eigenvalue weighted by molar-refractivity contribution is 5.72. The molecule has 0 aromatic heterocycles. The standard InChI is InChI=1S/C14H21NO4/c1-9-7-12(18-2)13(19-3)8-10(9)5-4-6-11(15)14(16)17/h7-8,11H,4-6,15H2,1-3H3,(H,16,17). The zero-order chi connectivity index (χ0) is 14.4. The third-order valence-corrected chi connectivity index (χ3v) is 3.12. The second-order valence-electron chi connectivity index (χ2n) is 4.47. The maximum Gasteiger partial charge on any atom is 0.320 e. The van der Waals surface area contributed by atoms with Crippen LogP contribution < -0.4 is 15.2 Å². The van der Waals surface area contributed by atoms with E-state index in [0.717, 1.165) is 24.0 Å². The van der Waals surface area contributed by atoms with Crippen molar-refractivity contribution in [1.82, 2.24) is 0 Å². The summed E-state index contributed by atoms with van der Waals surface area (Å²) in [6, 6.07) is 3.06. The summed E-state index contributed by atoms with van der Waals surface area (Å²) in [5.41, 5.74) is 7.70. The SMILES string of the molecule is COc1cc(C)c(CCCC(N)C(=O)O)cc1OC. The minimum absolute atomic E-state index is 0.461. The molecule has 0 fully saturated rings. The van der Waals surface area contributed by atoms with Crippen LogP contribution in [0, 0.1) is 6.92 Å². The fraction of sp³-hybridized carbons (Fsp3) is 0.500. The van der Waals surface area contributed by atoms with Gasteiger partial charge in [-0.15, -0.1) is 0 Å². The quantitative estimate of drug-likeness (QED) is 0.786. The van der Waals surface area contributed by atoms with Crippen molar-refractivity contribution < 1.29 is 19.4 Å². The summed E-state index contributed by atoms with van der Waals surface area (Å²) >= 11 is 0. The summed E-state index contributed by atoms with van der Waals surface area (Å²) in [4.78, 5) is 10.6. The summed E-state index contributed by atoms with van der Waals surface area (Å²) in [6.07, 6.45) is 1.96. The van der Waals surface area contributed by atoms with E-state index in [-0.39, 0.29) is 0 Å². The van der Waals surface area contributed by atoms with E-state index in [0.29, 0.717) is 17.9 Å². The van der Waals surface area contributed by atoms with Crippen molar-refractivity contribution in [1.29, 1.82) is 0 Å². The van der Waals surface area contributed by atoms with Gasteiger partial charge in [-0.25, -0.2) is 0 Å². The van der Waals surface area contributed by atoms with Crippen LogP contribution in [0.15, 0.2) is 12.1 Å². The molecule has 1 unspecified atom stereocenters. The van der Waals surface area contributed by atoms with Gasteiger partial charge in [0.05, 0.1) is 14.2 Å². The van der Waals surface area contributed by atoms with E-state index < -0.39 is 12.0 Å². The minimum atomic E-state index is -0.955. The van der Waals surface area contributed by atoms with Crippen LogP contribution in [0.25, 0.3) is 0 Å². The van der Waals surface area contributed by atoms with Gasteiger partial charge in [0.1, 0.15) is 6.04 Å². The van der Waals surface area contributed by atoms with E-state index in [1.54, 1.807) is 14.2 Å². The Balaban J connectivity index is 2.71. The van der Waals surface area contributed by atoms with Crippen molar-refractivity contribution in [2.24, 2.45) is 5.73 Å². The fourth-order valence-electron chi connectivity index (χ4n) is 1.93. The van der Waals surface area contributed by atoms with Crippen molar-refractivity contribution in [3.8, 4) is 11.5 Å². The topological polar surface area (TPSA) is 81.8 Å². The van der Waals surface area contributed by atoms with Gasteiger partial charge in [0.25, 0.3) is 0 Å². The number of carboxylic acids is 1. The second kappa shape index (κ2) is 6.99. The van der Waals surface area contributed by atoms with Crippen LogP contribution in [0.4, 0.5) is 0 Å². The second-order valence-corrected chi connectivity index (χ2v) is 4.47. The Morgan fingerprint density at radius 2 is 1.89 bits per heavy atom.